The molecule has 0 heterocycles. The van der Waals surface area contributed by atoms with E-state index in [1.54, 1.807) is 0 Å². The van der Waals surface area contributed by atoms with Crippen molar-refractivity contribution in [3.05, 3.63) is 0 Å². The number of hydroxylamine groups is 3. The molecule has 0 fully saturated rings. The van der Waals surface area contributed by atoms with Gasteiger partial charge in [-0.1, -0.05) is 0 Å². The van der Waals surface area contributed by atoms with Crippen molar-refractivity contribution in [3.8, 4) is 0 Å². The fourth-order valence-electron chi connectivity index (χ4n) is 1.42. The molecule has 20 heavy (non-hydrogen) atoms. The molecular formula is C10H19I2NO7. The molecule has 0 aromatic rings. The van der Waals surface area contributed by atoms with Gasteiger partial charge in [0.1, 0.15) is 0 Å². The fourth-order valence-corrected chi connectivity index (χ4v) is 2.55. The van der Waals surface area contributed by atoms with Crippen LogP contribution in [0.1, 0.15) is 38.5 Å². The van der Waals surface area contributed by atoms with Crippen LogP contribution < -0.4 is 21.6 Å². The van der Waals surface area contributed by atoms with Crippen molar-refractivity contribution in [1.82, 2.24) is 0 Å². The molecule has 0 amide bonds. The molecule has 2 N–H and O–H groups in total. The van der Waals surface area contributed by atoms with Crippen molar-refractivity contribution >= 4 is 34.8 Å². The van der Waals surface area contributed by atoms with E-state index in [9.17, 15) is 14.8 Å². The van der Waals surface area contributed by atoms with Gasteiger partial charge in [-0.15, -0.1) is 0 Å². The summed E-state index contributed by atoms with van der Waals surface area (Å²) in [6, 6.07) is 0. The first-order chi connectivity index (χ1) is 9.43. The number of alkyl halides is 1. The first-order valence-corrected chi connectivity index (χ1v) is 9.85. The number of rotatable bonds is 13. The van der Waals surface area contributed by atoms with Gasteiger partial charge in [0.25, 0.3) is 0 Å². The Labute approximate surface area is 142 Å². The number of nitrogens with zero attached hydrogens (tertiary/aromatic N) is 1. The zero-order chi connectivity index (χ0) is 15.4. The standard InChI is InChI=1S/C10H19I2NO7/c1-12-19-13(17,20-18-11)8-4-2-3-5-9(14)6-7-10(15)16/h17H,2-8H2,1H3,(H,15,16). The van der Waals surface area contributed by atoms with E-state index in [1.165, 1.54) is 23.0 Å². The summed E-state index contributed by atoms with van der Waals surface area (Å²) in [5.41, 5.74) is 0. The van der Waals surface area contributed by atoms with Crippen LogP contribution in [0.15, 0.2) is 0 Å². The summed E-state index contributed by atoms with van der Waals surface area (Å²) in [5.74, 6) is -1.02. The molecule has 8 nitrogen and oxygen atoms in total. The van der Waals surface area contributed by atoms with Crippen molar-refractivity contribution in [2.45, 2.75) is 38.5 Å². The number of carbonyl (C=O) groups is 2. The number of halogens is 2. The maximum atomic E-state index is 11.3. The van der Waals surface area contributed by atoms with Crippen molar-refractivity contribution in [2.24, 2.45) is 0 Å². The van der Waals surface area contributed by atoms with Crippen LogP contribution in [-0.4, -0.2) is 38.5 Å². The number of carbonyl (C=O) groups excluding carboxylic acids is 1. The summed E-state index contributed by atoms with van der Waals surface area (Å²) in [5, 5.41) is 18.3. The quantitative estimate of drug-likeness (QED) is 0.0802. The van der Waals surface area contributed by atoms with E-state index >= 15 is 0 Å². The Balaban J connectivity index is 3.73. The molecular weight excluding hydrogens is 500 g/mol. The predicted octanol–water partition coefficient (Wildman–Crippen LogP) is -1.03. The first-order valence-electron chi connectivity index (χ1n) is 5.93. The molecule has 0 aromatic heterocycles. The van der Waals surface area contributed by atoms with Crippen molar-refractivity contribution in [1.29, 1.82) is 0 Å². The van der Waals surface area contributed by atoms with Crippen LogP contribution in [0.25, 0.3) is 0 Å². The van der Waals surface area contributed by atoms with Gasteiger partial charge in [0.2, 0.25) is 0 Å². The number of quaternary nitrogens is 1. The number of hydrogen-bond acceptors (Lipinski definition) is 6. The Morgan fingerprint density at radius 3 is 2.45 bits per heavy atom. The first kappa shape index (κ1) is 20.4. The third-order valence-electron chi connectivity index (χ3n) is 2.34. The van der Waals surface area contributed by atoms with Crippen LogP contribution in [-0.2, 0) is 21.0 Å². The van der Waals surface area contributed by atoms with E-state index in [-0.39, 0.29) is 25.2 Å². The molecule has 0 spiro atoms. The zero-order valence-corrected chi connectivity index (χ0v) is 15.4. The van der Waals surface area contributed by atoms with E-state index in [4.69, 9.17) is 8.27 Å². The molecule has 0 aromatic carbocycles. The van der Waals surface area contributed by atoms with Gasteiger partial charge in [-0.05, 0) is 0 Å². The molecule has 0 aliphatic heterocycles. The minimum atomic E-state index is -1.04. The fraction of sp³-hybridized carbons (Fsp3) is 0.800. The van der Waals surface area contributed by atoms with E-state index in [0.717, 1.165) is 0 Å². The summed E-state index contributed by atoms with van der Waals surface area (Å²) < 4.78 is 9.47. The number of aliphatic carboxylic acids is 1. The predicted molar refractivity (Wildman–Crippen MR) is 70.5 cm³/mol. The molecule has 10 heteroatoms. The second kappa shape index (κ2) is 12.0. The Kier molecular flexibility index (Phi) is 12.2. The van der Waals surface area contributed by atoms with Crippen LogP contribution >= 0.6 is 23.0 Å². The molecule has 0 aliphatic rings. The van der Waals surface area contributed by atoms with Gasteiger partial charge < -0.3 is 0 Å². The van der Waals surface area contributed by atoms with Crippen molar-refractivity contribution in [2.75, 3.05) is 11.5 Å². The normalized spacial score (nSPS) is 14.2. The Hall–Kier alpha value is 0.400. The van der Waals surface area contributed by atoms with Crippen LogP contribution in [0.4, 0.5) is 0 Å². The number of carboxylic acids is 1. The van der Waals surface area contributed by atoms with Gasteiger partial charge in [-0.2, -0.15) is 0 Å². The van der Waals surface area contributed by atoms with Crippen LogP contribution in [0.3, 0.4) is 0 Å². The summed E-state index contributed by atoms with van der Waals surface area (Å²) in [7, 11) is 0. The second-order valence-electron chi connectivity index (χ2n) is 3.96. The van der Waals surface area contributed by atoms with Crippen molar-refractivity contribution in [3.63, 3.8) is 0 Å². The second-order valence-corrected chi connectivity index (χ2v) is 5.60. The van der Waals surface area contributed by atoms with Gasteiger partial charge in [-0.3, -0.25) is 0 Å². The summed E-state index contributed by atoms with van der Waals surface area (Å²) in [6.07, 6.45) is 2.24. The molecule has 1 unspecified atom stereocenters. The van der Waals surface area contributed by atoms with Crippen LogP contribution in [0, 0.1) is 0 Å². The van der Waals surface area contributed by atoms with Gasteiger partial charge in [-0.25, -0.2) is 0 Å². The van der Waals surface area contributed by atoms with E-state index < -0.39 is 32.6 Å². The molecule has 0 radical (unpaired) electrons. The molecule has 1 atom stereocenters. The van der Waals surface area contributed by atoms with E-state index in [2.05, 4.69) is 8.21 Å². The summed E-state index contributed by atoms with van der Waals surface area (Å²) in [4.78, 5) is 27.0. The number of carboxylic acid groups (broad SMARTS) is 1. The van der Waals surface area contributed by atoms with Gasteiger partial charge in [0, 0.05) is 0 Å². The Bertz CT molecular complexity index is 297. The van der Waals surface area contributed by atoms with Gasteiger partial charge >= 0.3 is 143 Å². The summed E-state index contributed by atoms with van der Waals surface area (Å²) in [6.45, 7) is 0.194. The molecule has 0 aliphatic carbocycles. The topological polar surface area (TPSA) is 102 Å². The Morgan fingerprint density at radius 1 is 1.20 bits per heavy atom. The average molecular weight is 519 g/mol. The third kappa shape index (κ3) is 11.1. The summed E-state index contributed by atoms with van der Waals surface area (Å²) >= 11 is 0.847. The number of Topliss-reactive ketones (excluding diaryl/α,β-unsaturated/α-hetero) is 1. The van der Waals surface area contributed by atoms with Gasteiger partial charge in [0.05, 0.1) is 0 Å². The average Bonchev–Trinajstić information content (AvgIpc) is 2.36. The zero-order valence-electron chi connectivity index (χ0n) is 11.1. The number of ketones is 1. The Morgan fingerprint density at radius 2 is 1.90 bits per heavy atom. The van der Waals surface area contributed by atoms with Gasteiger partial charge in [0.15, 0.2) is 0 Å². The van der Waals surface area contributed by atoms with E-state index in [1.807, 2.05) is 4.93 Å². The maximum absolute atomic E-state index is 11.3. The van der Waals surface area contributed by atoms with E-state index in [0.29, 0.717) is 25.7 Å². The molecule has 0 saturated heterocycles. The molecule has 0 bridgehead atoms. The number of unbranched alkanes of at least 4 members (excludes halogenated alkanes) is 2. The number of hydrogen-bond donors (Lipinski definition) is 2. The minimum absolute atomic E-state index is 0.0559. The monoisotopic (exact) mass is 519 g/mol. The molecule has 0 rings (SSSR count). The third-order valence-corrected chi connectivity index (χ3v) is 3.51. The molecule has 0 saturated carbocycles. The van der Waals surface area contributed by atoms with Crippen LogP contribution in [0.2, 0.25) is 0 Å². The van der Waals surface area contributed by atoms with Crippen LogP contribution in [0.5, 0.6) is 0 Å². The SMILES string of the molecule is C[I-]O[N+](O)(CCCCCC(=O)CCC(=O)O)OOI. The van der Waals surface area contributed by atoms with Crippen molar-refractivity contribution < 1.29 is 57.9 Å². The molecule has 120 valence electrons.